The maximum atomic E-state index is 6.09. The van der Waals surface area contributed by atoms with Crippen LogP contribution in [0.15, 0.2) is 0 Å². The van der Waals surface area contributed by atoms with Crippen LogP contribution in [0.3, 0.4) is 0 Å². The van der Waals surface area contributed by atoms with E-state index in [-0.39, 0.29) is 0 Å². The van der Waals surface area contributed by atoms with E-state index in [0.29, 0.717) is 0 Å². The number of rotatable bonds is 5. The highest BCUT2D eigenvalue weighted by Crippen LogP contribution is 2.19. The van der Waals surface area contributed by atoms with E-state index >= 15 is 0 Å². The Morgan fingerprint density at radius 3 is 0.789 bits per heavy atom. The van der Waals surface area contributed by atoms with E-state index in [9.17, 15) is 0 Å². The highest BCUT2D eigenvalue weighted by atomic mass is 28.5. The largest absolute Gasteiger partial charge is 0.437 e. The van der Waals surface area contributed by atoms with Crippen LogP contribution < -0.4 is 0 Å². The van der Waals surface area contributed by atoms with E-state index in [1.807, 2.05) is 0 Å². The average Bonchev–Trinajstić information content (AvgIpc) is 1.93. The molecule has 0 rings (SSSR count). The second-order valence-electron chi connectivity index (χ2n) is 8.15. The molecule has 0 fully saturated rings. The molecule has 0 saturated heterocycles. The Hall–Kier alpha value is 0.748. The predicted octanol–water partition coefficient (Wildman–Crippen LogP) is 4.86. The zero-order chi connectivity index (χ0) is 16.1. The number of hydrogen-bond donors (Lipinski definition) is 0. The first-order chi connectivity index (χ1) is 7.97. The van der Waals surface area contributed by atoms with Crippen molar-refractivity contribution >= 4 is 33.5 Å². The van der Waals surface area contributed by atoms with E-state index in [0.717, 1.165) is 0 Å². The van der Waals surface area contributed by atoms with E-state index in [4.69, 9.17) is 12.7 Å². The van der Waals surface area contributed by atoms with Crippen LogP contribution in [0.25, 0.3) is 0 Å². The van der Waals surface area contributed by atoms with Gasteiger partial charge < -0.3 is 12.7 Å². The van der Waals surface area contributed by atoms with Crippen LogP contribution in [0.5, 0.6) is 0 Å². The molecule has 0 spiro atoms. The van der Waals surface area contributed by atoms with E-state index in [1.165, 1.54) is 0 Å². The predicted molar refractivity (Wildman–Crippen MR) is 96.7 cm³/mol. The zero-order valence-corrected chi connectivity index (χ0v) is 19.2. The smallest absolute Gasteiger partial charge is 0.311 e. The van der Waals surface area contributed by atoms with E-state index in [2.05, 4.69) is 72.0 Å². The van der Waals surface area contributed by atoms with Crippen LogP contribution in [-0.2, 0) is 12.7 Å². The summed E-state index contributed by atoms with van der Waals surface area (Å²) < 4.78 is 17.3. The van der Waals surface area contributed by atoms with Gasteiger partial charge in [-0.1, -0.05) is 0 Å². The molecule has 0 aromatic rings. The molecule has 0 N–H and O–H groups in total. The molecule has 0 bridgehead atoms. The topological polar surface area (TPSA) is 27.7 Å². The van der Waals surface area contributed by atoms with Crippen LogP contribution in [0, 0.1) is 0 Å². The molecule has 0 aromatic carbocycles. The lowest BCUT2D eigenvalue weighted by atomic mass is 11.8. The van der Waals surface area contributed by atoms with Gasteiger partial charge in [-0.2, -0.15) is 0 Å². The maximum absolute atomic E-state index is 6.09. The van der Waals surface area contributed by atoms with E-state index < -0.39 is 33.5 Å². The standard InChI is InChI=1S/C8H24O2Si3.C4H12OSi/c1-11(2,3)9-13(7,8)10-12(4,5)6;1-5-6(2,3)4/h1-8H3;1-4H3. The maximum Gasteiger partial charge on any atom is 0.311 e. The summed E-state index contributed by atoms with van der Waals surface area (Å²) in [6, 6.07) is 0. The van der Waals surface area contributed by atoms with Gasteiger partial charge in [-0.15, -0.1) is 0 Å². The van der Waals surface area contributed by atoms with Crippen molar-refractivity contribution in [2.45, 2.75) is 72.0 Å². The van der Waals surface area contributed by atoms with Crippen molar-refractivity contribution in [3.05, 3.63) is 0 Å². The Kier molecular flexibility index (Phi) is 8.89. The fraction of sp³-hybridized carbons (Fsp3) is 1.00. The molecule has 0 aliphatic rings. The summed E-state index contributed by atoms with van der Waals surface area (Å²) in [5.74, 6) is 0. The molecular weight excluding hydrogens is 304 g/mol. The normalized spacial score (nSPS) is 13.9. The van der Waals surface area contributed by atoms with Crippen molar-refractivity contribution in [1.82, 2.24) is 0 Å². The molecule has 0 aliphatic carbocycles. The fourth-order valence-electron chi connectivity index (χ4n) is 1.50. The second kappa shape index (κ2) is 7.67. The second-order valence-corrected chi connectivity index (χ2v) is 25.7. The Balaban J connectivity index is 0. The van der Waals surface area contributed by atoms with Crippen LogP contribution in [0.4, 0.5) is 0 Å². The third kappa shape index (κ3) is 21.2. The average molecular weight is 341 g/mol. The molecule has 3 nitrogen and oxygen atoms in total. The first-order valence-corrected chi connectivity index (χ1v) is 20.0. The van der Waals surface area contributed by atoms with Crippen molar-refractivity contribution in [2.75, 3.05) is 7.11 Å². The summed E-state index contributed by atoms with van der Waals surface area (Å²) >= 11 is 0. The molecule has 118 valence electrons. The Morgan fingerprint density at radius 2 is 0.684 bits per heavy atom. The third-order valence-corrected chi connectivity index (χ3v) is 11.8. The Morgan fingerprint density at radius 1 is 0.474 bits per heavy atom. The summed E-state index contributed by atoms with van der Waals surface area (Å²) in [5.41, 5.74) is 0. The van der Waals surface area contributed by atoms with E-state index in [1.54, 1.807) is 7.11 Å². The van der Waals surface area contributed by atoms with Crippen LogP contribution in [-0.4, -0.2) is 40.6 Å². The first kappa shape index (κ1) is 22.0. The summed E-state index contributed by atoms with van der Waals surface area (Å²) in [5, 5.41) is 0. The van der Waals surface area contributed by atoms with Gasteiger partial charge in [0, 0.05) is 7.11 Å². The Bertz CT molecular complexity index is 231. The molecular formula is C12H36O3Si4. The minimum Gasteiger partial charge on any atom is -0.437 e. The molecule has 0 heterocycles. The van der Waals surface area contributed by atoms with Gasteiger partial charge in [0.05, 0.1) is 0 Å². The molecule has 0 amide bonds. The Labute approximate surface area is 125 Å². The summed E-state index contributed by atoms with van der Waals surface area (Å²) in [6.45, 7) is 24.1. The van der Waals surface area contributed by atoms with Gasteiger partial charge in [-0.25, -0.2) is 0 Å². The lowest BCUT2D eigenvalue weighted by Crippen LogP contribution is -2.50. The summed E-state index contributed by atoms with van der Waals surface area (Å²) in [7, 11) is -4.08. The van der Waals surface area contributed by atoms with Gasteiger partial charge in [-0.05, 0) is 72.0 Å². The quantitative estimate of drug-likeness (QED) is 0.669. The van der Waals surface area contributed by atoms with Crippen molar-refractivity contribution in [1.29, 1.82) is 0 Å². The van der Waals surface area contributed by atoms with Crippen molar-refractivity contribution in [3.8, 4) is 0 Å². The molecule has 0 atom stereocenters. The van der Waals surface area contributed by atoms with Gasteiger partial charge in [0.1, 0.15) is 0 Å². The fourth-order valence-corrected chi connectivity index (χ4v) is 13.8. The van der Waals surface area contributed by atoms with Gasteiger partial charge in [0.25, 0.3) is 0 Å². The lowest BCUT2D eigenvalue weighted by Gasteiger charge is -2.35. The summed E-state index contributed by atoms with van der Waals surface area (Å²) in [4.78, 5) is 0. The zero-order valence-electron chi connectivity index (χ0n) is 15.2. The molecule has 0 saturated carbocycles. The SMILES string of the molecule is CO[Si](C)(C)C.C[Si](C)(C)O[Si](C)(C)O[Si](C)(C)C. The molecule has 0 unspecified atom stereocenters. The molecule has 0 aromatic heterocycles. The van der Waals surface area contributed by atoms with Crippen molar-refractivity contribution < 1.29 is 12.7 Å². The van der Waals surface area contributed by atoms with Crippen LogP contribution in [0.1, 0.15) is 0 Å². The minimum absolute atomic E-state index is 1.13. The van der Waals surface area contributed by atoms with Gasteiger partial charge in [-0.3, -0.25) is 0 Å². The summed E-state index contributed by atoms with van der Waals surface area (Å²) in [6.07, 6.45) is 0. The third-order valence-electron chi connectivity index (χ3n) is 1.72. The molecule has 7 heteroatoms. The van der Waals surface area contributed by atoms with Crippen LogP contribution >= 0.6 is 0 Å². The van der Waals surface area contributed by atoms with Crippen LogP contribution in [0.2, 0.25) is 72.0 Å². The van der Waals surface area contributed by atoms with Gasteiger partial charge in [0.2, 0.25) is 0 Å². The molecule has 0 radical (unpaired) electrons. The highest BCUT2D eigenvalue weighted by molar-refractivity contribution is 6.87. The molecule has 19 heavy (non-hydrogen) atoms. The first-order valence-electron chi connectivity index (χ1n) is 6.93. The molecule has 0 aliphatic heterocycles. The van der Waals surface area contributed by atoms with Crippen molar-refractivity contribution in [3.63, 3.8) is 0 Å². The van der Waals surface area contributed by atoms with Gasteiger partial charge >= 0.3 is 8.56 Å². The van der Waals surface area contributed by atoms with Crippen molar-refractivity contribution in [2.24, 2.45) is 0 Å². The minimum atomic E-state index is -1.85. The lowest BCUT2D eigenvalue weighted by molar-refractivity contribution is 0.395. The highest BCUT2D eigenvalue weighted by Gasteiger charge is 2.35. The monoisotopic (exact) mass is 340 g/mol. The number of hydrogen-bond acceptors (Lipinski definition) is 3. The van der Waals surface area contributed by atoms with Gasteiger partial charge in [0.15, 0.2) is 25.0 Å².